The maximum Gasteiger partial charge on any atom is 0.305 e. The molecule has 0 unspecified atom stereocenters. The minimum absolute atomic E-state index is 0.0157. The molecule has 5 atom stereocenters. The Morgan fingerprint density at radius 2 is 2.04 bits per heavy atom. The number of rotatable bonds is 7. The number of carbonyl (C=O) groups is 2. The lowest BCUT2D eigenvalue weighted by Crippen LogP contribution is -2.35. The Morgan fingerprint density at radius 3 is 2.74 bits per heavy atom. The van der Waals surface area contributed by atoms with Gasteiger partial charge in [-0.3, -0.25) is 9.59 Å². The summed E-state index contributed by atoms with van der Waals surface area (Å²) in [4.78, 5) is 22.7. The lowest BCUT2D eigenvalue weighted by molar-refractivity contribution is -0.139. The first-order valence-corrected chi connectivity index (χ1v) is 8.70. The number of aliphatic carboxylic acids is 1. The van der Waals surface area contributed by atoms with Gasteiger partial charge in [0.15, 0.2) is 5.78 Å². The smallest absolute Gasteiger partial charge is 0.305 e. The molecule has 2 aliphatic carbocycles. The first-order valence-electron chi connectivity index (χ1n) is 8.70. The molecule has 0 spiro atoms. The van der Waals surface area contributed by atoms with Crippen LogP contribution in [-0.2, 0) is 9.59 Å². The highest BCUT2D eigenvalue weighted by Gasteiger charge is 2.37. The first-order chi connectivity index (χ1) is 10.9. The van der Waals surface area contributed by atoms with Gasteiger partial charge in [0.25, 0.3) is 0 Å². The van der Waals surface area contributed by atoms with Gasteiger partial charge in [-0.25, -0.2) is 0 Å². The molecule has 5 heteroatoms. The Balaban J connectivity index is 1.89. The maximum atomic E-state index is 12.2. The molecule has 0 saturated heterocycles. The molecule has 2 aliphatic rings. The van der Waals surface area contributed by atoms with Gasteiger partial charge in [-0.15, -0.1) is 0 Å². The molecule has 5 nitrogen and oxygen atoms in total. The Labute approximate surface area is 137 Å². The number of carbonyl (C=O) groups excluding carboxylic acids is 1. The highest BCUT2D eigenvalue weighted by molar-refractivity contribution is 5.93. The van der Waals surface area contributed by atoms with Crippen LogP contribution in [0, 0.1) is 17.8 Å². The average Bonchev–Trinajstić information content (AvgIpc) is 2.46. The van der Waals surface area contributed by atoms with Gasteiger partial charge in [-0.05, 0) is 56.4 Å². The minimum atomic E-state index is -1.06. The van der Waals surface area contributed by atoms with Crippen LogP contribution in [0.25, 0.3) is 0 Å². The predicted molar refractivity (Wildman–Crippen MR) is 85.8 cm³/mol. The molecule has 0 aromatic heterocycles. The monoisotopic (exact) mass is 324 g/mol. The molecule has 23 heavy (non-hydrogen) atoms. The zero-order valence-electron chi connectivity index (χ0n) is 13.8. The van der Waals surface area contributed by atoms with E-state index in [1.54, 1.807) is 0 Å². The normalized spacial score (nSPS) is 30.3. The average molecular weight is 324 g/mol. The van der Waals surface area contributed by atoms with Crippen LogP contribution >= 0.6 is 0 Å². The number of hydrogen-bond acceptors (Lipinski definition) is 4. The van der Waals surface area contributed by atoms with Gasteiger partial charge in [0.1, 0.15) is 0 Å². The number of carboxylic acids is 1. The lowest BCUT2D eigenvalue weighted by Gasteiger charge is -2.39. The summed E-state index contributed by atoms with van der Waals surface area (Å²) in [5.74, 6) is -0.170. The summed E-state index contributed by atoms with van der Waals surface area (Å²) >= 11 is 0. The second kappa shape index (κ2) is 8.06. The zero-order valence-corrected chi connectivity index (χ0v) is 13.8. The third-order valence-electron chi connectivity index (χ3n) is 5.43. The van der Waals surface area contributed by atoms with E-state index >= 15 is 0 Å². The number of carboxylic acid groups (broad SMARTS) is 1. The topological polar surface area (TPSA) is 94.8 Å². The van der Waals surface area contributed by atoms with Crippen molar-refractivity contribution in [2.45, 2.75) is 70.5 Å². The molecule has 1 fully saturated rings. The van der Waals surface area contributed by atoms with E-state index in [0.29, 0.717) is 12.3 Å². The van der Waals surface area contributed by atoms with Crippen molar-refractivity contribution in [1.29, 1.82) is 0 Å². The molecule has 2 rings (SSSR count). The summed E-state index contributed by atoms with van der Waals surface area (Å²) < 4.78 is 0. The van der Waals surface area contributed by atoms with E-state index in [1.165, 1.54) is 12.0 Å². The molecule has 1 saturated carbocycles. The third-order valence-corrected chi connectivity index (χ3v) is 5.43. The molecule has 0 aromatic carbocycles. The van der Waals surface area contributed by atoms with Crippen LogP contribution in [0.1, 0.15) is 58.3 Å². The summed E-state index contributed by atoms with van der Waals surface area (Å²) in [5, 5.41) is 28.3. The van der Waals surface area contributed by atoms with Crippen molar-refractivity contribution >= 4 is 11.8 Å². The van der Waals surface area contributed by atoms with E-state index in [4.69, 9.17) is 5.11 Å². The van der Waals surface area contributed by atoms with Crippen LogP contribution < -0.4 is 0 Å². The maximum absolute atomic E-state index is 12.2. The SMILES string of the molecule is C[C@H]1C(=O)C=C2CCCC[C@@H]2[C@H]1CC[C@@H](O)C[C@@H](O)CC(=O)O. The summed E-state index contributed by atoms with van der Waals surface area (Å²) in [6.07, 6.45) is 5.57. The van der Waals surface area contributed by atoms with E-state index in [9.17, 15) is 19.8 Å². The van der Waals surface area contributed by atoms with Crippen molar-refractivity contribution in [1.82, 2.24) is 0 Å². The fraction of sp³-hybridized carbons (Fsp3) is 0.778. The van der Waals surface area contributed by atoms with Crippen molar-refractivity contribution in [2.24, 2.45) is 17.8 Å². The van der Waals surface area contributed by atoms with Crippen molar-refractivity contribution in [2.75, 3.05) is 0 Å². The zero-order chi connectivity index (χ0) is 17.0. The van der Waals surface area contributed by atoms with E-state index in [2.05, 4.69) is 0 Å². The van der Waals surface area contributed by atoms with Gasteiger partial charge in [0.2, 0.25) is 0 Å². The number of aliphatic hydroxyl groups excluding tert-OH is 2. The number of allylic oxidation sites excluding steroid dienone is 2. The number of ketones is 1. The van der Waals surface area contributed by atoms with Gasteiger partial charge >= 0.3 is 5.97 Å². The van der Waals surface area contributed by atoms with Gasteiger partial charge in [-0.1, -0.05) is 18.9 Å². The summed E-state index contributed by atoms with van der Waals surface area (Å²) in [5.41, 5.74) is 1.28. The fourth-order valence-corrected chi connectivity index (χ4v) is 4.16. The van der Waals surface area contributed by atoms with E-state index in [0.717, 1.165) is 25.7 Å². The van der Waals surface area contributed by atoms with Gasteiger partial charge < -0.3 is 15.3 Å². The van der Waals surface area contributed by atoms with Crippen molar-refractivity contribution in [3.8, 4) is 0 Å². The summed E-state index contributed by atoms with van der Waals surface area (Å²) in [6, 6.07) is 0. The van der Waals surface area contributed by atoms with Crippen LogP contribution in [0.4, 0.5) is 0 Å². The molecule has 0 aromatic rings. The van der Waals surface area contributed by atoms with Crippen molar-refractivity contribution < 1.29 is 24.9 Å². The fourth-order valence-electron chi connectivity index (χ4n) is 4.16. The molecule has 0 heterocycles. The van der Waals surface area contributed by atoms with E-state index < -0.39 is 18.2 Å². The molecular weight excluding hydrogens is 296 g/mol. The quantitative estimate of drug-likeness (QED) is 0.668. The van der Waals surface area contributed by atoms with Crippen LogP contribution in [0.15, 0.2) is 11.6 Å². The standard InChI is InChI=1S/C18H28O5/c1-11-15(7-6-13(19)9-14(20)10-18(22)23)16-5-3-2-4-12(16)8-17(11)21/h8,11,13-16,19-20H,2-7,9-10H2,1H3,(H,22,23)/t11-,13-,14-,15+,16+/m1/s1. The molecule has 0 radical (unpaired) electrons. The van der Waals surface area contributed by atoms with Crippen LogP contribution in [0.5, 0.6) is 0 Å². The molecule has 0 bridgehead atoms. The predicted octanol–water partition coefficient (Wildman–Crippen LogP) is 2.30. The van der Waals surface area contributed by atoms with Gasteiger partial charge in [-0.2, -0.15) is 0 Å². The Morgan fingerprint density at radius 1 is 1.30 bits per heavy atom. The molecule has 130 valence electrons. The number of fused-ring (bicyclic) bond motifs is 1. The second-order valence-corrected chi connectivity index (χ2v) is 7.14. The lowest BCUT2D eigenvalue weighted by atomic mass is 9.65. The molecule has 0 aliphatic heterocycles. The third kappa shape index (κ3) is 4.88. The Bertz CT molecular complexity index is 470. The Kier molecular flexibility index (Phi) is 6.36. The van der Waals surface area contributed by atoms with Crippen molar-refractivity contribution in [3.05, 3.63) is 11.6 Å². The van der Waals surface area contributed by atoms with Gasteiger partial charge in [0, 0.05) is 5.92 Å². The number of hydrogen-bond donors (Lipinski definition) is 3. The van der Waals surface area contributed by atoms with Crippen LogP contribution in [0.3, 0.4) is 0 Å². The van der Waals surface area contributed by atoms with Gasteiger partial charge in [0.05, 0.1) is 18.6 Å². The van der Waals surface area contributed by atoms with Crippen LogP contribution in [0.2, 0.25) is 0 Å². The number of aliphatic hydroxyl groups is 2. The van der Waals surface area contributed by atoms with Crippen molar-refractivity contribution in [3.63, 3.8) is 0 Å². The molecular formula is C18H28O5. The Hall–Kier alpha value is -1.20. The molecule has 0 amide bonds. The highest BCUT2D eigenvalue weighted by Crippen LogP contribution is 2.43. The van der Waals surface area contributed by atoms with E-state index in [1.807, 2.05) is 13.0 Å². The van der Waals surface area contributed by atoms with E-state index in [-0.39, 0.29) is 30.5 Å². The summed E-state index contributed by atoms with van der Waals surface area (Å²) in [6.45, 7) is 1.97. The molecule has 3 N–H and O–H groups in total. The first kappa shape index (κ1) is 18.1. The largest absolute Gasteiger partial charge is 0.481 e. The second-order valence-electron chi connectivity index (χ2n) is 7.14. The van der Waals surface area contributed by atoms with Crippen LogP contribution in [-0.4, -0.2) is 39.3 Å². The highest BCUT2D eigenvalue weighted by atomic mass is 16.4. The summed E-state index contributed by atoms with van der Waals surface area (Å²) in [7, 11) is 0. The minimum Gasteiger partial charge on any atom is -0.481 e.